The summed E-state index contributed by atoms with van der Waals surface area (Å²) in [5.41, 5.74) is 1.65. The quantitative estimate of drug-likeness (QED) is 0.828. The van der Waals surface area contributed by atoms with E-state index in [9.17, 15) is 5.11 Å². The highest BCUT2D eigenvalue weighted by molar-refractivity contribution is 5.47. The minimum atomic E-state index is -0.827. The maximum atomic E-state index is 11.4. The molecule has 2 bridgehead atoms. The molecule has 0 amide bonds. The van der Waals surface area contributed by atoms with Gasteiger partial charge in [0.05, 0.1) is 13.7 Å². The van der Waals surface area contributed by atoms with Crippen LogP contribution in [0.5, 0.6) is 11.5 Å². The van der Waals surface area contributed by atoms with Gasteiger partial charge in [-0.1, -0.05) is 0 Å². The number of aromatic nitrogens is 2. The standard InChI is InChI=1S/C22H31N3O3/c1-5-28-20-11-16(15(2)10-19(20)27-4)14-25-17-6-7-18(25)13-22(26,12-17)21-23-8-9-24(21)3/h8-11,17-18,26H,5-7,12-14H2,1-4H3/t17-,18-/m1/s1. The number of fused-ring (bicyclic) bond motifs is 2. The van der Waals surface area contributed by atoms with E-state index in [2.05, 4.69) is 28.9 Å². The Balaban J connectivity index is 1.56. The van der Waals surface area contributed by atoms with E-state index in [0.717, 1.165) is 49.6 Å². The molecule has 6 nitrogen and oxygen atoms in total. The Labute approximate surface area is 167 Å². The summed E-state index contributed by atoms with van der Waals surface area (Å²) in [6, 6.07) is 4.93. The molecule has 0 aliphatic carbocycles. The second-order valence-corrected chi connectivity index (χ2v) is 8.22. The molecule has 2 aromatic rings. The molecule has 6 heteroatoms. The summed E-state index contributed by atoms with van der Waals surface area (Å²) in [5, 5.41) is 11.4. The summed E-state index contributed by atoms with van der Waals surface area (Å²) in [5.74, 6) is 2.39. The number of nitrogens with zero attached hydrogens (tertiary/aromatic N) is 3. The van der Waals surface area contributed by atoms with Crippen molar-refractivity contribution in [2.45, 2.75) is 63.8 Å². The summed E-state index contributed by atoms with van der Waals surface area (Å²) in [4.78, 5) is 7.02. The van der Waals surface area contributed by atoms with Gasteiger partial charge < -0.3 is 19.1 Å². The molecule has 2 atom stereocenters. The van der Waals surface area contributed by atoms with Crippen molar-refractivity contribution in [2.75, 3.05) is 13.7 Å². The normalized spacial score (nSPS) is 27.2. The van der Waals surface area contributed by atoms with E-state index in [0.29, 0.717) is 18.7 Å². The summed E-state index contributed by atoms with van der Waals surface area (Å²) in [6.07, 6.45) is 7.43. The number of hydrogen-bond donors (Lipinski definition) is 1. The van der Waals surface area contributed by atoms with Gasteiger partial charge in [-0.05, 0) is 62.8 Å². The highest BCUT2D eigenvalue weighted by Gasteiger charge is 2.49. The first kappa shape index (κ1) is 19.3. The Kier molecular flexibility index (Phi) is 5.10. The Morgan fingerprint density at radius 3 is 2.50 bits per heavy atom. The zero-order valence-corrected chi connectivity index (χ0v) is 17.3. The molecule has 3 heterocycles. The molecule has 0 spiro atoms. The van der Waals surface area contributed by atoms with Gasteiger partial charge in [-0.3, -0.25) is 4.90 Å². The highest BCUT2D eigenvalue weighted by Crippen LogP contribution is 2.46. The summed E-state index contributed by atoms with van der Waals surface area (Å²) in [6.45, 7) is 5.61. The average molecular weight is 386 g/mol. The molecule has 1 aromatic heterocycles. The van der Waals surface area contributed by atoms with Gasteiger partial charge in [0.15, 0.2) is 11.5 Å². The fourth-order valence-corrected chi connectivity index (χ4v) is 5.07. The van der Waals surface area contributed by atoms with Crippen LogP contribution in [0.25, 0.3) is 0 Å². The van der Waals surface area contributed by atoms with Crippen LogP contribution in [0.15, 0.2) is 24.5 Å². The van der Waals surface area contributed by atoms with Gasteiger partial charge in [-0.25, -0.2) is 4.98 Å². The molecule has 4 rings (SSSR count). The number of aryl methyl sites for hydroxylation is 2. The lowest BCUT2D eigenvalue weighted by atomic mass is 9.85. The largest absolute Gasteiger partial charge is 0.493 e. The van der Waals surface area contributed by atoms with E-state index in [1.807, 2.05) is 24.7 Å². The number of aliphatic hydroxyl groups is 1. The van der Waals surface area contributed by atoms with Crippen molar-refractivity contribution in [3.8, 4) is 11.5 Å². The number of imidazole rings is 1. The van der Waals surface area contributed by atoms with E-state index in [4.69, 9.17) is 9.47 Å². The third-order valence-corrected chi connectivity index (χ3v) is 6.43. The zero-order chi connectivity index (χ0) is 19.9. The van der Waals surface area contributed by atoms with Crippen LogP contribution in [-0.4, -0.2) is 45.4 Å². The van der Waals surface area contributed by atoms with Crippen molar-refractivity contribution >= 4 is 0 Å². The maximum absolute atomic E-state index is 11.4. The predicted molar refractivity (Wildman–Crippen MR) is 108 cm³/mol. The molecular formula is C22H31N3O3. The predicted octanol–water partition coefficient (Wildman–Crippen LogP) is 3.15. The second-order valence-electron chi connectivity index (χ2n) is 8.22. The molecule has 2 aliphatic rings. The van der Waals surface area contributed by atoms with Crippen molar-refractivity contribution in [1.82, 2.24) is 14.5 Å². The Hall–Kier alpha value is -2.05. The third-order valence-electron chi connectivity index (χ3n) is 6.43. The number of rotatable bonds is 6. The van der Waals surface area contributed by atoms with Crippen LogP contribution in [0, 0.1) is 6.92 Å². The van der Waals surface area contributed by atoms with Gasteiger partial charge in [0, 0.05) is 38.1 Å². The van der Waals surface area contributed by atoms with Gasteiger partial charge >= 0.3 is 0 Å². The maximum Gasteiger partial charge on any atom is 0.161 e. The van der Waals surface area contributed by atoms with Crippen LogP contribution in [-0.2, 0) is 19.2 Å². The van der Waals surface area contributed by atoms with Crippen molar-refractivity contribution < 1.29 is 14.6 Å². The topological polar surface area (TPSA) is 59.8 Å². The van der Waals surface area contributed by atoms with Crippen LogP contribution in [0.3, 0.4) is 0 Å². The molecule has 2 saturated heterocycles. The number of piperidine rings is 1. The van der Waals surface area contributed by atoms with Crippen LogP contribution in [0.4, 0.5) is 0 Å². The molecule has 28 heavy (non-hydrogen) atoms. The van der Waals surface area contributed by atoms with Gasteiger partial charge in [-0.2, -0.15) is 0 Å². The first-order valence-corrected chi connectivity index (χ1v) is 10.2. The van der Waals surface area contributed by atoms with Crippen molar-refractivity contribution in [2.24, 2.45) is 7.05 Å². The third kappa shape index (κ3) is 3.29. The van der Waals surface area contributed by atoms with E-state index in [1.165, 1.54) is 11.1 Å². The van der Waals surface area contributed by atoms with Crippen LogP contribution in [0.2, 0.25) is 0 Å². The van der Waals surface area contributed by atoms with Gasteiger partial charge in [-0.15, -0.1) is 0 Å². The summed E-state index contributed by atoms with van der Waals surface area (Å²) >= 11 is 0. The molecule has 1 N–H and O–H groups in total. The van der Waals surface area contributed by atoms with Gasteiger partial charge in [0.2, 0.25) is 0 Å². The van der Waals surface area contributed by atoms with Crippen LogP contribution in [0.1, 0.15) is 49.6 Å². The van der Waals surface area contributed by atoms with E-state index in [1.54, 1.807) is 13.3 Å². The van der Waals surface area contributed by atoms with E-state index in [-0.39, 0.29) is 0 Å². The Bertz CT molecular complexity index is 834. The Morgan fingerprint density at radius 2 is 1.93 bits per heavy atom. The van der Waals surface area contributed by atoms with E-state index >= 15 is 0 Å². The fraction of sp³-hybridized carbons (Fsp3) is 0.591. The molecule has 0 unspecified atom stereocenters. The molecule has 2 aliphatic heterocycles. The number of ether oxygens (including phenoxy) is 2. The van der Waals surface area contributed by atoms with Gasteiger partial charge in [0.25, 0.3) is 0 Å². The van der Waals surface area contributed by atoms with Crippen molar-refractivity contribution in [1.29, 1.82) is 0 Å². The van der Waals surface area contributed by atoms with Crippen molar-refractivity contribution in [3.63, 3.8) is 0 Å². The Morgan fingerprint density at radius 1 is 1.21 bits per heavy atom. The number of methoxy groups -OCH3 is 1. The molecule has 1 aromatic carbocycles. The lowest BCUT2D eigenvalue weighted by molar-refractivity contribution is -0.0670. The van der Waals surface area contributed by atoms with E-state index < -0.39 is 5.60 Å². The first-order valence-electron chi connectivity index (χ1n) is 10.2. The number of benzene rings is 1. The fourth-order valence-electron chi connectivity index (χ4n) is 5.07. The number of hydrogen-bond acceptors (Lipinski definition) is 5. The SMILES string of the molecule is CCOc1cc(CN2[C@@H]3CC[C@@H]2CC(O)(c2nccn2C)C3)c(C)cc1OC. The molecule has 0 radical (unpaired) electrons. The summed E-state index contributed by atoms with van der Waals surface area (Å²) < 4.78 is 13.2. The lowest BCUT2D eigenvalue weighted by Crippen LogP contribution is -2.50. The second kappa shape index (κ2) is 7.41. The van der Waals surface area contributed by atoms with Crippen LogP contribution >= 0.6 is 0 Å². The first-order chi connectivity index (χ1) is 13.4. The van der Waals surface area contributed by atoms with Crippen LogP contribution < -0.4 is 9.47 Å². The summed E-state index contributed by atoms with van der Waals surface area (Å²) in [7, 11) is 3.64. The van der Waals surface area contributed by atoms with Gasteiger partial charge in [0.1, 0.15) is 11.4 Å². The molecule has 0 saturated carbocycles. The highest BCUT2D eigenvalue weighted by atomic mass is 16.5. The minimum absolute atomic E-state index is 0.373. The molecule has 2 fully saturated rings. The minimum Gasteiger partial charge on any atom is -0.493 e. The average Bonchev–Trinajstić information content (AvgIpc) is 3.20. The smallest absolute Gasteiger partial charge is 0.161 e. The zero-order valence-electron chi connectivity index (χ0n) is 17.3. The molecular weight excluding hydrogens is 354 g/mol. The monoisotopic (exact) mass is 385 g/mol. The lowest BCUT2D eigenvalue weighted by Gasteiger charge is -2.43. The van der Waals surface area contributed by atoms with Crippen molar-refractivity contribution in [3.05, 3.63) is 41.5 Å². The molecule has 152 valence electrons.